The van der Waals surface area contributed by atoms with E-state index in [-0.39, 0.29) is 25.9 Å². The smallest absolute Gasteiger partial charge is 0.309 e. The first-order valence-electron chi connectivity index (χ1n) is 4.09. The summed E-state index contributed by atoms with van der Waals surface area (Å²) in [4.78, 5) is 11.0. The largest absolute Gasteiger partial charge is 0.466 e. The molecule has 0 amide bonds. The maximum atomic E-state index is 12.6. The van der Waals surface area contributed by atoms with Gasteiger partial charge in [0, 0.05) is 12.8 Å². The van der Waals surface area contributed by atoms with Crippen LogP contribution in [-0.2, 0) is 9.53 Å². The molecule has 1 saturated carbocycles. The minimum Gasteiger partial charge on any atom is -0.466 e. The van der Waals surface area contributed by atoms with E-state index in [1.807, 2.05) is 0 Å². The van der Waals surface area contributed by atoms with Gasteiger partial charge in [0.2, 0.25) is 5.92 Å². The molecule has 0 saturated heterocycles. The third kappa shape index (κ3) is 2.16. The van der Waals surface area contributed by atoms with Gasteiger partial charge in [-0.05, 0) is 13.3 Å². The van der Waals surface area contributed by atoms with Gasteiger partial charge in [-0.15, -0.1) is 0 Å². The Morgan fingerprint density at radius 1 is 1.67 bits per heavy atom. The summed E-state index contributed by atoms with van der Waals surface area (Å²) in [6.45, 7) is 1.94. The van der Waals surface area contributed by atoms with Crippen molar-refractivity contribution in [2.24, 2.45) is 5.92 Å². The zero-order valence-electron chi connectivity index (χ0n) is 6.98. The van der Waals surface area contributed by atoms with E-state index in [0.29, 0.717) is 0 Å². The number of carbonyl (C=O) groups excluding carboxylic acids is 1. The Bertz CT molecular complexity index is 180. The van der Waals surface area contributed by atoms with Crippen molar-refractivity contribution in [2.75, 3.05) is 6.61 Å². The highest BCUT2D eigenvalue weighted by atomic mass is 19.3. The Morgan fingerprint density at radius 3 is 2.75 bits per heavy atom. The maximum Gasteiger partial charge on any atom is 0.309 e. The summed E-state index contributed by atoms with van der Waals surface area (Å²) >= 11 is 0. The number of hydrogen-bond acceptors (Lipinski definition) is 2. The molecular weight excluding hydrogens is 166 g/mol. The Kier molecular flexibility index (Phi) is 2.65. The molecule has 70 valence electrons. The van der Waals surface area contributed by atoms with Crippen molar-refractivity contribution in [1.82, 2.24) is 0 Å². The lowest BCUT2D eigenvalue weighted by Gasteiger charge is -2.08. The van der Waals surface area contributed by atoms with Gasteiger partial charge in [-0.1, -0.05) is 0 Å². The molecule has 12 heavy (non-hydrogen) atoms. The van der Waals surface area contributed by atoms with Crippen molar-refractivity contribution in [3.63, 3.8) is 0 Å². The summed E-state index contributed by atoms with van der Waals surface area (Å²) < 4.78 is 29.8. The Labute approximate surface area is 69.9 Å². The Morgan fingerprint density at radius 2 is 2.33 bits per heavy atom. The zero-order chi connectivity index (χ0) is 9.19. The van der Waals surface area contributed by atoms with Crippen molar-refractivity contribution in [3.8, 4) is 0 Å². The number of ether oxygens (including phenoxy) is 1. The normalized spacial score (nSPS) is 27.1. The van der Waals surface area contributed by atoms with Crippen LogP contribution in [0.15, 0.2) is 0 Å². The van der Waals surface area contributed by atoms with E-state index >= 15 is 0 Å². The lowest BCUT2D eigenvalue weighted by molar-refractivity contribution is -0.148. The first kappa shape index (κ1) is 9.42. The van der Waals surface area contributed by atoms with Crippen LogP contribution in [0.3, 0.4) is 0 Å². The minimum atomic E-state index is -2.66. The van der Waals surface area contributed by atoms with Gasteiger partial charge in [0.1, 0.15) is 0 Å². The van der Waals surface area contributed by atoms with Gasteiger partial charge in [0.05, 0.1) is 12.5 Å². The van der Waals surface area contributed by atoms with Gasteiger partial charge in [0.25, 0.3) is 0 Å². The van der Waals surface area contributed by atoms with Gasteiger partial charge in [0.15, 0.2) is 0 Å². The molecule has 1 unspecified atom stereocenters. The standard InChI is InChI=1S/C8H12F2O2/c1-2-12-7(11)6-3-4-8(9,10)5-6/h6H,2-5H2,1H3. The van der Waals surface area contributed by atoms with Gasteiger partial charge in [-0.3, -0.25) is 4.79 Å². The molecule has 2 nitrogen and oxygen atoms in total. The van der Waals surface area contributed by atoms with Crippen LogP contribution >= 0.6 is 0 Å². The molecule has 1 fully saturated rings. The molecule has 0 bridgehead atoms. The third-order valence-electron chi connectivity index (χ3n) is 2.02. The van der Waals surface area contributed by atoms with Crippen molar-refractivity contribution in [1.29, 1.82) is 0 Å². The summed E-state index contributed by atoms with van der Waals surface area (Å²) in [6.07, 6.45) is -0.270. The van der Waals surface area contributed by atoms with Crippen LogP contribution in [0.4, 0.5) is 8.78 Å². The Hall–Kier alpha value is -0.670. The molecule has 1 aliphatic rings. The van der Waals surface area contributed by atoms with Crippen LogP contribution in [0, 0.1) is 5.92 Å². The first-order valence-corrected chi connectivity index (χ1v) is 4.09. The van der Waals surface area contributed by atoms with Crippen molar-refractivity contribution < 1.29 is 18.3 Å². The summed E-state index contributed by atoms with van der Waals surface area (Å²) in [5.74, 6) is -3.72. The molecule has 1 aliphatic carbocycles. The molecule has 0 aliphatic heterocycles. The maximum absolute atomic E-state index is 12.6. The van der Waals surface area contributed by atoms with Crippen LogP contribution in [-0.4, -0.2) is 18.5 Å². The second-order valence-electron chi connectivity index (χ2n) is 3.05. The van der Waals surface area contributed by atoms with Crippen LogP contribution in [0.1, 0.15) is 26.2 Å². The van der Waals surface area contributed by atoms with Gasteiger partial charge in [-0.2, -0.15) is 0 Å². The molecule has 1 atom stereocenters. The van der Waals surface area contributed by atoms with Crippen LogP contribution < -0.4 is 0 Å². The number of alkyl halides is 2. The number of carbonyl (C=O) groups is 1. The highest BCUT2D eigenvalue weighted by Crippen LogP contribution is 2.39. The SMILES string of the molecule is CCOC(=O)C1CCC(F)(F)C1. The average molecular weight is 178 g/mol. The minimum absolute atomic E-state index is 0.184. The predicted molar refractivity (Wildman–Crippen MR) is 38.9 cm³/mol. The average Bonchev–Trinajstić information content (AvgIpc) is 2.31. The molecule has 0 spiro atoms. The fourth-order valence-electron chi connectivity index (χ4n) is 1.41. The van der Waals surface area contributed by atoms with Crippen LogP contribution in [0.5, 0.6) is 0 Å². The highest BCUT2D eigenvalue weighted by molar-refractivity contribution is 5.72. The zero-order valence-corrected chi connectivity index (χ0v) is 6.98. The van der Waals surface area contributed by atoms with Gasteiger partial charge in [-0.25, -0.2) is 8.78 Å². The van der Waals surface area contributed by atoms with Crippen LogP contribution in [0.2, 0.25) is 0 Å². The molecule has 0 aromatic heterocycles. The van der Waals surface area contributed by atoms with E-state index in [9.17, 15) is 13.6 Å². The molecule has 0 aromatic rings. The van der Waals surface area contributed by atoms with Crippen molar-refractivity contribution in [2.45, 2.75) is 32.1 Å². The summed E-state index contributed by atoms with van der Waals surface area (Å²) in [5.41, 5.74) is 0. The van der Waals surface area contributed by atoms with E-state index in [2.05, 4.69) is 4.74 Å². The van der Waals surface area contributed by atoms with Crippen molar-refractivity contribution in [3.05, 3.63) is 0 Å². The lowest BCUT2D eigenvalue weighted by atomic mass is 10.1. The molecule has 0 radical (unpaired) electrons. The van der Waals surface area contributed by atoms with E-state index in [4.69, 9.17) is 0 Å². The molecule has 0 N–H and O–H groups in total. The number of esters is 1. The second-order valence-corrected chi connectivity index (χ2v) is 3.05. The van der Waals surface area contributed by atoms with E-state index in [1.54, 1.807) is 6.92 Å². The predicted octanol–water partition coefficient (Wildman–Crippen LogP) is 1.98. The van der Waals surface area contributed by atoms with Gasteiger partial charge >= 0.3 is 5.97 Å². The quantitative estimate of drug-likeness (QED) is 0.604. The van der Waals surface area contributed by atoms with E-state index in [1.165, 1.54) is 0 Å². The van der Waals surface area contributed by atoms with Crippen molar-refractivity contribution >= 4 is 5.97 Å². The topological polar surface area (TPSA) is 26.3 Å². The lowest BCUT2D eigenvalue weighted by Crippen LogP contribution is -2.17. The van der Waals surface area contributed by atoms with E-state index in [0.717, 1.165) is 0 Å². The molecule has 0 heterocycles. The monoisotopic (exact) mass is 178 g/mol. The first-order chi connectivity index (χ1) is 5.55. The fourth-order valence-corrected chi connectivity index (χ4v) is 1.41. The molecular formula is C8H12F2O2. The second kappa shape index (κ2) is 3.37. The molecule has 0 aromatic carbocycles. The third-order valence-corrected chi connectivity index (χ3v) is 2.02. The molecule has 1 rings (SSSR count). The number of rotatable bonds is 2. The summed E-state index contributed by atoms with van der Waals surface area (Å²) in [5, 5.41) is 0. The van der Waals surface area contributed by atoms with E-state index < -0.39 is 17.8 Å². The number of halogens is 2. The highest BCUT2D eigenvalue weighted by Gasteiger charge is 2.43. The molecule has 4 heteroatoms. The Balaban J connectivity index is 2.41. The number of hydrogen-bond donors (Lipinski definition) is 0. The fraction of sp³-hybridized carbons (Fsp3) is 0.875. The van der Waals surface area contributed by atoms with Crippen LogP contribution in [0.25, 0.3) is 0 Å². The summed E-state index contributed by atoms with van der Waals surface area (Å²) in [7, 11) is 0. The summed E-state index contributed by atoms with van der Waals surface area (Å²) in [6, 6.07) is 0. The van der Waals surface area contributed by atoms with Gasteiger partial charge < -0.3 is 4.74 Å².